The molecule has 2 aromatic carbocycles. The predicted octanol–water partition coefficient (Wildman–Crippen LogP) is 8.46. The van der Waals surface area contributed by atoms with E-state index in [9.17, 15) is 4.79 Å². The van der Waals surface area contributed by atoms with Crippen LogP contribution in [0.1, 0.15) is 100 Å². The number of piperidine rings is 1. The lowest BCUT2D eigenvalue weighted by Gasteiger charge is -2.37. The third-order valence-corrected chi connectivity index (χ3v) is 8.26. The number of fused-ring (bicyclic) bond motifs is 1. The van der Waals surface area contributed by atoms with E-state index in [1.807, 2.05) is 26.0 Å². The van der Waals surface area contributed by atoms with E-state index in [-0.39, 0.29) is 12.1 Å². The number of aryl methyl sites for hydroxylation is 1. The Morgan fingerprint density at radius 1 is 1.00 bits per heavy atom. The molecule has 0 spiro atoms. The second-order valence-corrected chi connectivity index (χ2v) is 11.8. The Bertz CT molecular complexity index is 1200. The molecule has 2 atom stereocenters. The lowest BCUT2D eigenvalue weighted by atomic mass is 9.86. The van der Waals surface area contributed by atoms with E-state index >= 15 is 0 Å². The zero-order valence-electron chi connectivity index (χ0n) is 25.3. The predicted molar refractivity (Wildman–Crippen MR) is 163 cm³/mol. The van der Waals surface area contributed by atoms with E-state index in [1.165, 1.54) is 37.9 Å². The Balaban J connectivity index is 1.38. The standard InChI is InChI=1S/C35H49NO4/c1-6-9-11-33-31(32-22-29(14-17-34(32)40-33)35(37)39-25(4)5)21-28-12-15-30(16-13-28)38-19-10-18-36-23-26(7-2)20-27(8-3)24-36/h12-17,22,25-27H,6-11,18-21,23-24H2,1-5H3. The van der Waals surface area contributed by atoms with Crippen molar-refractivity contribution in [2.45, 2.75) is 92.1 Å². The number of carbonyl (C=O) groups excluding carboxylic acids is 1. The van der Waals surface area contributed by atoms with Crippen molar-refractivity contribution in [1.82, 2.24) is 4.90 Å². The van der Waals surface area contributed by atoms with E-state index in [0.29, 0.717) is 5.56 Å². The van der Waals surface area contributed by atoms with E-state index in [4.69, 9.17) is 13.9 Å². The summed E-state index contributed by atoms with van der Waals surface area (Å²) in [6, 6.07) is 14.1. The van der Waals surface area contributed by atoms with Crippen LogP contribution in [0.2, 0.25) is 0 Å². The molecular formula is C35H49NO4. The third-order valence-electron chi connectivity index (χ3n) is 8.26. The van der Waals surface area contributed by atoms with E-state index < -0.39 is 0 Å². The van der Waals surface area contributed by atoms with Gasteiger partial charge in [0.05, 0.1) is 18.3 Å². The molecule has 5 heteroatoms. The number of unbranched alkanes of at least 4 members (excludes halogenated alkanes) is 1. The average Bonchev–Trinajstić information content (AvgIpc) is 3.30. The molecule has 0 saturated carbocycles. The molecule has 0 bridgehead atoms. The summed E-state index contributed by atoms with van der Waals surface area (Å²) in [5.74, 6) is 3.34. The van der Waals surface area contributed by atoms with E-state index in [0.717, 1.165) is 85.1 Å². The Labute approximate surface area is 241 Å². The summed E-state index contributed by atoms with van der Waals surface area (Å²) in [6.07, 6.45) is 8.68. The quantitative estimate of drug-likeness (QED) is 0.150. The fourth-order valence-corrected chi connectivity index (χ4v) is 5.93. The molecule has 0 radical (unpaired) electrons. The summed E-state index contributed by atoms with van der Waals surface area (Å²) >= 11 is 0. The van der Waals surface area contributed by atoms with Crippen LogP contribution in [0.3, 0.4) is 0 Å². The number of benzene rings is 2. The van der Waals surface area contributed by atoms with Crippen LogP contribution in [0.25, 0.3) is 11.0 Å². The number of rotatable bonds is 14. The average molecular weight is 548 g/mol. The highest BCUT2D eigenvalue weighted by Crippen LogP contribution is 2.31. The topological polar surface area (TPSA) is 51.9 Å². The van der Waals surface area contributed by atoms with Crippen molar-refractivity contribution in [3.63, 3.8) is 0 Å². The second kappa shape index (κ2) is 14.7. The molecule has 1 aliphatic rings. The zero-order valence-corrected chi connectivity index (χ0v) is 25.3. The summed E-state index contributed by atoms with van der Waals surface area (Å²) in [5.41, 5.74) is 3.75. The van der Waals surface area contributed by atoms with Gasteiger partial charge < -0.3 is 18.8 Å². The van der Waals surface area contributed by atoms with Gasteiger partial charge in [-0.15, -0.1) is 0 Å². The van der Waals surface area contributed by atoms with Crippen molar-refractivity contribution in [1.29, 1.82) is 0 Å². The molecule has 4 rings (SSSR count). The van der Waals surface area contributed by atoms with Crippen LogP contribution in [0, 0.1) is 11.8 Å². The molecular weight excluding hydrogens is 498 g/mol. The first-order chi connectivity index (χ1) is 19.4. The SMILES string of the molecule is CCCCc1oc2ccc(C(=O)OC(C)C)cc2c1Cc1ccc(OCCCN2CC(CC)CC(CC)C2)cc1. The van der Waals surface area contributed by atoms with Crippen LogP contribution in [0.15, 0.2) is 46.9 Å². The van der Waals surface area contributed by atoms with Crippen molar-refractivity contribution in [3.8, 4) is 5.75 Å². The Hall–Kier alpha value is -2.79. The largest absolute Gasteiger partial charge is 0.494 e. The lowest BCUT2D eigenvalue weighted by Crippen LogP contribution is -2.41. The van der Waals surface area contributed by atoms with Gasteiger partial charge in [-0.05, 0) is 80.8 Å². The summed E-state index contributed by atoms with van der Waals surface area (Å²) in [7, 11) is 0. The first kappa shape index (κ1) is 30.2. The number of ether oxygens (including phenoxy) is 2. The summed E-state index contributed by atoms with van der Waals surface area (Å²) < 4.78 is 17.8. The van der Waals surface area contributed by atoms with Crippen molar-refractivity contribution >= 4 is 16.9 Å². The maximum Gasteiger partial charge on any atom is 0.338 e. The van der Waals surface area contributed by atoms with Crippen LogP contribution in [0.5, 0.6) is 5.75 Å². The molecule has 3 aromatic rings. The number of furan rings is 1. The molecule has 0 amide bonds. The van der Waals surface area contributed by atoms with Crippen molar-refractivity contribution < 1.29 is 18.7 Å². The number of likely N-dealkylation sites (tertiary alicyclic amines) is 1. The number of nitrogens with zero attached hydrogens (tertiary/aromatic N) is 1. The van der Waals surface area contributed by atoms with Gasteiger partial charge in [0.15, 0.2) is 0 Å². The van der Waals surface area contributed by atoms with Crippen LogP contribution in [-0.2, 0) is 17.6 Å². The van der Waals surface area contributed by atoms with Crippen molar-refractivity contribution in [3.05, 3.63) is 64.9 Å². The van der Waals surface area contributed by atoms with Gasteiger partial charge in [-0.1, -0.05) is 52.2 Å². The van der Waals surface area contributed by atoms with E-state index in [1.54, 1.807) is 6.07 Å². The number of hydrogen-bond acceptors (Lipinski definition) is 5. The normalized spacial score (nSPS) is 17.9. The smallest absolute Gasteiger partial charge is 0.338 e. The second-order valence-electron chi connectivity index (χ2n) is 11.8. The highest BCUT2D eigenvalue weighted by atomic mass is 16.5. The van der Waals surface area contributed by atoms with Crippen LogP contribution in [-0.4, -0.2) is 43.2 Å². The molecule has 1 aliphatic heterocycles. The third kappa shape index (κ3) is 8.13. The Morgan fingerprint density at radius 3 is 2.38 bits per heavy atom. The highest BCUT2D eigenvalue weighted by molar-refractivity contribution is 5.95. The molecule has 2 unspecified atom stereocenters. The molecule has 2 heterocycles. The fraction of sp³-hybridized carbons (Fsp3) is 0.571. The van der Waals surface area contributed by atoms with Gasteiger partial charge >= 0.3 is 5.97 Å². The van der Waals surface area contributed by atoms with Gasteiger partial charge in [0, 0.05) is 43.4 Å². The Morgan fingerprint density at radius 2 is 1.73 bits per heavy atom. The van der Waals surface area contributed by atoms with Gasteiger partial charge in [0.1, 0.15) is 17.1 Å². The van der Waals surface area contributed by atoms with Crippen LogP contribution < -0.4 is 4.74 Å². The molecule has 40 heavy (non-hydrogen) atoms. The van der Waals surface area contributed by atoms with Gasteiger partial charge in [0.25, 0.3) is 0 Å². The minimum Gasteiger partial charge on any atom is -0.494 e. The summed E-state index contributed by atoms with van der Waals surface area (Å²) in [5, 5.41) is 0.998. The molecule has 1 saturated heterocycles. The molecule has 5 nitrogen and oxygen atoms in total. The van der Waals surface area contributed by atoms with Crippen LogP contribution >= 0.6 is 0 Å². The summed E-state index contributed by atoms with van der Waals surface area (Å²) in [4.78, 5) is 15.2. The minimum atomic E-state index is -0.295. The first-order valence-corrected chi connectivity index (χ1v) is 15.6. The van der Waals surface area contributed by atoms with Gasteiger partial charge in [-0.2, -0.15) is 0 Å². The van der Waals surface area contributed by atoms with Gasteiger partial charge in [-0.3, -0.25) is 0 Å². The number of hydrogen-bond donors (Lipinski definition) is 0. The molecule has 218 valence electrons. The zero-order chi connectivity index (χ0) is 28.5. The molecule has 1 fully saturated rings. The molecule has 0 aliphatic carbocycles. The fourth-order valence-electron chi connectivity index (χ4n) is 5.93. The van der Waals surface area contributed by atoms with Gasteiger partial charge in [-0.25, -0.2) is 4.79 Å². The van der Waals surface area contributed by atoms with Crippen molar-refractivity contribution in [2.75, 3.05) is 26.2 Å². The Kier molecular flexibility index (Phi) is 11.1. The lowest BCUT2D eigenvalue weighted by molar-refractivity contribution is 0.0378. The highest BCUT2D eigenvalue weighted by Gasteiger charge is 2.24. The maximum absolute atomic E-state index is 12.6. The van der Waals surface area contributed by atoms with Crippen LogP contribution in [0.4, 0.5) is 0 Å². The monoisotopic (exact) mass is 547 g/mol. The van der Waals surface area contributed by atoms with Crippen molar-refractivity contribution in [2.24, 2.45) is 11.8 Å². The maximum atomic E-state index is 12.6. The summed E-state index contributed by atoms with van der Waals surface area (Å²) in [6.45, 7) is 14.9. The molecule has 1 aromatic heterocycles. The minimum absolute atomic E-state index is 0.153. The first-order valence-electron chi connectivity index (χ1n) is 15.6. The van der Waals surface area contributed by atoms with Gasteiger partial charge in [0.2, 0.25) is 0 Å². The number of esters is 1. The molecule has 0 N–H and O–H groups in total. The van der Waals surface area contributed by atoms with E-state index in [2.05, 4.69) is 49.9 Å². The number of carbonyl (C=O) groups is 1.